The minimum absolute atomic E-state index is 0.334. The Hall–Kier alpha value is -1.55. The molecule has 0 aliphatic carbocycles. The number of benzene rings is 1. The van der Waals surface area contributed by atoms with E-state index in [0.29, 0.717) is 5.56 Å². The van der Waals surface area contributed by atoms with Crippen molar-refractivity contribution in [3.63, 3.8) is 0 Å². The van der Waals surface area contributed by atoms with E-state index in [9.17, 15) is 9.90 Å². The molecule has 0 bridgehead atoms. The molecular formula is C14H20N2O2. The fourth-order valence-electron chi connectivity index (χ4n) is 2.25. The second kappa shape index (κ2) is 5.40. The molecule has 0 fully saturated rings. The molecule has 2 N–H and O–H groups in total. The molecule has 1 aromatic rings. The summed E-state index contributed by atoms with van der Waals surface area (Å²) in [5.74, 6) is -0.334. The van der Waals surface area contributed by atoms with Gasteiger partial charge in [0.25, 0.3) is 5.91 Å². The van der Waals surface area contributed by atoms with Crippen LogP contribution in [0.25, 0.3) is 0 Å². The van der Waals surface area contributed by atoms with E-state index in [2.05, 4.69) is 24.1 Å². The summed E-state index contributed by atoms with van der Waals surface area (Å²) in [6.07, 6.45) is 1.30. The summed E-state index contributed by atoms with van der Waals surface area (Å²) in [4.78, 5) is 13.7. The Balaban J connectivity index is 2.21. The van der Waals surface area contributed by atoms with Gasteiger partial charge in [-0.05, 0) is 25.5 Å². The standard InChI is InChI=1S/C14H20N2O2/c1-3-5-8-16(4-2)10-6-7-11-12(9-10)15-14(18)13(11)17/h6-7,9,13,17H,3-5,8H2,1-2H3,(H,15,18). The van der Waals surface area contributed by atoms with Crippen molar-refractivity contribution in [2.45, 2.75) is 32.8 Å². The maximum Gasteiger partial charge on any atom is 0.257 e. The van der Waals surface area contributed by atoms with Crippen LogP contribution < -0.4 is 10.2 Å². The van der Waals surface area contributed by atoms with E-state index in [4.69, 9.17) is 0 Å². The van der Waals surface area contributed by atoms with Crippen molar-refractivity contribution in [3.05, 3.63) is 23.8 Å². The van der Waals surface area contributed by atoms with E-state index >= 15 is 0 Å². The molecular weight excluding hydrogens is 228 g/mol. The number of hydrogen-bond acceptors (Lipinski definition) is 3. The van der Waals surface area contributed by atoms with Gasteiger partial charge in [-0.3, -0.25) is 4.79 Å². The molecule has 0 radical (unpaired) electrons. The van der Waals surface area contributed by atoms with Gasteiger partial charge in [0.15, 0.2) is 6.10 Å². The number of carbonyl (C=O) groups is 1. The molecule has 4 heteroatoms. The Morgan fingerprint density at radius 2 is 2.17 bits per heavy atom. The van der Waals surface area contributed by atoms with E-state index in [0.717, 1.165) is 37.3 Å². The smallest absolute Gasteiger partial charge is 0.257 e. The van der Waals surface area contributed by atoms with Gasteiger partial charge in [-0.15, -0.1) is 0 Å². The molecule has 1 aromatic carbocycles. The van der Waals surface area contributed by atoms with Crippen LogP contribution in [0.3, 0.4) is 0 Å². The molecule has 0 spiro atoms. The van der Waals surface area contributed by atoms with E-state index in [1.54, 1.807) is 0 Å². The van der Waals surface area contributed by atoms with Gasteiger partial charge in [-0.25, -0.2) is 0 Å². The van der Waals surface area contributed by atoms with Crippen molar-refractivity contribution in [3.8, 4) is 0 Å². The van der Waals surface area contributed by atoms with Crippen LogP contribution in [0.4, 0.5) is 11.4 Å². The number of rotatable bonds is 5. The van der Waals surface area contributed by atoms with Gasteiger partial charge in [0, 0.05) is 30.0 Å². The fourth-order valence-corrected chi connectivity index (χ4v) is 2.25. The zero-order valence-electron chi connectivity index (χ0n) is 10.9. The largest absolute Gasteiger partial charge is 0.378 e. The number of fused-ring (bicyclic) bond motifs is 1. The summed E-state index contributed by atoms with van der Waals surface area (Å²) < 4.78 is 0. The number of unbranched alkanes of at least 4 members (excludes halogenated alkanes) is 1. The Morgan fingerprint density at radius 3 is 2.83 bits per heavy atom. The third kappa shape index (κ3) is 2.34. The molecule has 2 rings (SSSR count). The van der Waals surface area contributed by atoms with E-state index in [-0.39, 0.29) is 5.91 Å². The summed E-state index contributed by atoms with van der Waals surface area (Å²) in [6.45, 7) is 6.25. The summed E-state index contributed by atoms with van der Waals surface area (Å²) in [6, 6.07) is 5.76. The SMILES string of the molecule is CCCCN(CC)c1ccc2c(c1)NC(=O)C2O. The van der Waals surface area contributed by atoms with Gasteiger partial charge in [0.1, 0.15) is 0 Å². The molecule has 98 valence electrons. The van der Waals surface area contributed by atoms with Crippen molar-refractivity contribution in [2.24, 2.45) is 0 Å². The van der Waals surface area contributed by atoms with Gasteiger partial charge in [0.2, 0.25) is 0 Å². The highest BCUT2D eigenvalue weighted by Gasteiger charge is 2.28. The number of anilines is 2. The normalized spacial score (nSPS) is 17.5. The monoisotopic (exact) mass is 248 g/mol. The molecule has 18 heavy (non-hydrogen) atoms. The minimum Gasteiger partial charge on any atom is -0.378 e. The molecule has 1 aliphatic rings. The quantitative estimate of drug-likeness (QED) is 0.840. The number of carbonyl (C=O) groups excluding carboxylic acids is 1. The molecule has 1 unspecified atom stereocenters. The van der Waals surface area contributed by atoms with Crippen LogP contribution >= 0.6 is 0 Å². The number of nitrogens with zero attached hydrogens (tertiary/aromatic N) is 1. The first kappa shape index (κ1) is 12.9. The van der Waals surface area contributed by atoms with Crippen LogP contribution in [0, 0.1) is 0 Å². The zero-order valence-corrected chi connectivity index (χ0v) is 10.9. The van der Waals surface area contributed by atoms with Crippen LogP contribution in [-0.2, 0) is 4.79 Å². The van der Waals surface area contributed by atoms with Gasteiger partial charge in [-0.2, -0.15) is 0 Å². The highest BCUT2D eigenvalue weighted by atomic mass is 16.3. The summed E-state index contributed by atoms with van der Waals surface area (Å²) in [7, 11) is 0. The Bertz CT molecular complexity index is 445. The Morgan fingerprint density at radius 1 is 1.39 bits per heavy atom. The van der Waals surface area contributed by atoms with Crippen molar-refractivity contribution in [1.82, 2.24) is 0 Å². The van der Waals surface area contributed by atoms with Gasteiger partial charge >= 0.3 is 0 Å². The van der Waals surface area contributed by atoms with Crippen LogP contribution in [0.2, 0.25) is 0 Å². The van der Waals surface area contributed by atoms with Crippen molar-refractivity contribution in [1.29, 1.82) is 0 Å². The maximum atomic E-state index is 11.4. The summed E-state index contributed by atoms with van der Waals surface area (Å²) in [5.41, 5.74) is 2.51. The number of aliphatic hydroxyl groups is 1. The molecule has 1 amide bonds. The highest BCUT2D eigenvalue weighted by molar-refractivity contribution is 6.02. The first-order valence-corrected chi connectivity index (χ1v) is 6.55. The molecule has 0 aromatic heterocycles. The molecule has 1 atom stereocenters. The summed E-state index contributed by atoms with van der Waals surface area (Å²) >= 11 is 0. The minimum atomic E-state index is -1.01. The predicted molar refractivity (Wildman–Crippen MR) is 72.8 cm³/mol. The van der Waals surface area contributed by atoms with Crippen LogP contribution in [0.15, 0.2) is 18.2 Å². The van der Waals surface area contributed by atoms with Crippen molar-refractivity contribution in [2.75, 3.05) is 23.3 Å². The third-order valence-electron chi connectivity index (χ3n) is 3.37. The molecule has 1 aliphatic heterocycles. The fraction of sp³-hybridized carbons (Fsp3) is 0.500. The zero-order chi connectivity index (χ0) is 13.1. The first-order valence-electron chi connectivity index (χ1n) is 6.55. The molecule has 4 nitrogen and oxygen atoms in total. The lowest BCUT2D eigenvalue weighted by Gasteiger charge is -2.23. The second-order valence-corrected chi connectivity index (χ2v) is 4.60. The lowest BCUT2D eigenvalue weighted by atomic mass is 10.1. The Labute approximate surface area is 108 Å². The average Bonchev–Trinajstić information content (AvgIpc) is 2.66. The average molecular weight is 248 g/mol. The van der Waals surface area contributed by atoms with E-state index in [1.165, 1.54) is 0 Å². The molecule has 0 saturated carbocycles. The van der Waals surface area contributed by atoms with Crippen molar-refractivity contribution >= 4 is 17.3 Å². The number of amides is 1. The second-order valence-electron chi connectivity index (χ2n) is 4.60. The topological polar surface area (TPSA) is 52.6 Å². The van der Waals surface area contributed by atoms with Crippen LogP contribution in [-0.4, -0.2) is 24.1 Å². The van der Waals surface area contributed by atoms with Gasteiger partial charge in [0.05, 0.1) is 0 Å². The number of hydrogen-bond donors (Lipinski definition) is 2. The third-order valence-corrected chi connectivity index (χ3v) is 3.37. The number of nitrogens with one attached hydrogen (secondary N) is 1. The van der Waals surface area contributed by atoms with Crippen LogP contribution in [0.5, 0.6) is 0 Å². The lowest BCUT2D eigenvalue weighted by Crippen LogP contribution is -2.23. The first-order chi connectivity index (χ1) is 8.67. The van der Waals surface area contributed by atoms with Gasteiger partial charge in [-0.1, -0.05) is 19.4 Å². The number of aliphatic hydroxyl groups excluding tert-OH is 1. The van der Waals surface area contributed by atoms with Gasteiger partial charge < -0.3 is 15.3 Å². The highest BCUT2D eigenvalue weighted by Crippen LogP contribution is 2.33. The lowest BCUT2D eigenvalue weighted by molar-refractivity contribution is -0.123. The predicted octanol–water partition coefficient (Wildman–Crippen LogP) is 2.30. The van der Waals surface area contributed by atoms with Crippen molar-refractivity contribution < 1.29 is 9.90 Å². The van der Waals surface area contributed by atoms with E-state index < -0.39 is 6.10 Å². The Kier molecular flexibility index (Phi) is 3.87. The van der Waals surface area contributed by atoms with Crippen LogP contribution in [0.1, 0.15) is 38.4 Å². The molecule has 0 saturated heterocycles. The molecule has 1 heterocycles. The maximum absolute atomic E-state index is 11.4. The van der Waals surface area contributed by atoms with E-state index in [1.807, 2.05) is 18.2 Å². The summed E-state index contributed by atoms with van der Waals surface area (Å²) in [5, 5.41) is 12.4.